The number of carbonyl (C=O) groups is 1. The van der Waals surface area contributed by atoms with E-state index in [2.05, 4.69) is 4.98 Å². The van der Waals surface area contributed by atoms with Gasteiger partial charge in [0.25, 0.3) is 5.91 Å². The van der Waals surface area contributed by atoms with E-state index in [-0.39, 0.29) is 18.3 Å². The van der Waals surface area contributed by atoms with Crippen LogP contribution in [0.15, 0.2) is 29.6 Å². The predicted molar refractivity (Wildman–Crippen MR) is 101 cm³/mol. The molecule has 1 heterocycles. The molecule has 2 N–H and O–H groups in total. The number of aromatic nitrogens is 1. The van der Waals surface area contributed by atoms with Crippen molar-refractivity contribution in [3.8, 4) is 5.75 Å². The van der Waals surface area contributed by atoms with Crippen LogP contribution in [0.1, 0.15) is 21.9 Å². The summed E-state index contributed by atoms with van der Waals surface area (Å²) in [5.74, 6) is 0.699. The fourth-order valence-electron chi connectivity index (χ4n) is 1.97. The number of nitrogens with two attached hydrogens (primary N) is 1. The molecule has 132 valence electrons. The first-order valence-corrected chi connectivity index (χ1v) is 8.64. The van der Waals surface area contributed by atoms with E-state index >= 15 is 0 Å². The number of benzene rings is 1. The van der Waals surface area contributed by atoms with Gasteiger partial charge < -0.3 is 15.4 Å². The molecule has 0 radical (unpaired) electrons. The second-order valence-corrected chi connectivity index (χ2v) is 6.43. The molecule has 0 spiro atoms. The van der Waals surface area contributed by atoms with E-state index < -0.39 is 0 Å². The smallest absolute Gasteiger partial charge is 0.273 e. The van der Waals surface area contributed by atoms with Crippen molar-refractivity contribution in [3.63, 3.8) is 0 Å². The molecule has 0 unspecified atom stereocenters. The molecule has 0 fully saturated rings. The Bertz CT molecular complexity index is 635. The number of amides is 1. The molecule has 1 aromatic carbocycles. The number of thiazole rings is 1. The highest BCUT2D eigenvalue weighted by atomic mass is 35.5. The summed E-state index contributed by atoms with van der Waals surface area (Å²) in [5.41, 5.74) is 5.98. The van der Waals surface area contributed by atoms with Gasteiger partial charge in [-0.3, -0.25) is 4.79 Å². The fraction of sp³-hybridized carbons (Fsp3) is 0.375. The molecular weight excluding hydrogens is 369 g/mol. The summed E-state index contributed by atoms with van der Waals surface area (Å²) in [4.78, 5) is 18.2. The highest BCUT2D eigenvalue weighted by molar-refractivity contribution is 7.09. The number of halogens is 2. The Balaban J connectivity index is 0.00000288. The molecule has 1 aromatic heterocycles. The van der Waals surface area contributed by atoms with Gasteiger partial charge in [-0.15, -0.1) is 23.7 Å². The fourth-order valence-corrected chi connectivity index (χ4v) is 2.88. The maximum atomic E-state index is 12.2. The Hall–Kier alpha value is -1.34. The van der Waals surface area contributed by atoms with Gasteiger partial charge in [0.2, 0.25) is 0 Å². The summed E-state index contributed by atoms with van der Waals surface area (Å²) in [6.45, 7) is 1.68. The van der Waals surface area contributed by atoms with Crippen molar-refractivity contribution in [2.45, 2.75) is 12.8 Å². The average molecular weight is 390 g/mol. The number of ether oxygens (including phenoxy) is 1. The van der Waals surface area contributed by atoms with Crippen LogP contribution in [0.4, 0.5) is 0 Å². The Morgan fingerprint density at radius 2 is 2.08 bits per heavy atom. The normalized spacial score (nSPS) is 10.1. The third-order valence-electron chi connectivity index (χ3n) is 3.20. The summed E-state index contributed by atoms with van der Waals surface area (Å²) in [5, 5.41) is 3.36. The minimum absolute atomic E-state index is 0. The first-order chi connectivity index (χ1) is 11.1. The van der Waals surface area contributed by atoms with E-state index in [0.717, 1.165) is 17.2 Å². The van der Waals surface area contributed by atoms with E-state index in [1.54, 1.807) is 29.5 Å². The predicted octanol–water partition coefficient (Wildman–Crippen LogP) is 3.26. The Morgan fingerprint density at radius 1 is 1.38 bits per heavy atom. The van der Waals surface area contributed by atoms with Crippen molar-refractivity contribution in [1.29, 1.82) is 0 Å². The summed E-state index contributed by atoms with van der Waals surface area (Å²) in [6.07, 6.45) is 1.45. The maximum Gasteiger partial charge on any atom is 0.273 e. The molecule has 0 bridgehead atoms. The standard InChI is InChI=1S/C16H20ClN3O2S.ClH/c1-20(16(21)14-11-23-15(19-14)7-8-18)9-2-10-22-13-5-3-12(17)4-6-13;/h3-6,11H,2,7-10,18H2,1H3;1H. The van der Waals surface area contributed by atoms with Crippen LogP contribution in [0.2, 0.25) is 5.02 Å². The van der Waals surface area contributed by atoms with Crippen LogP contribution in [0.3, 0.4) is 0 Å². The van der Waals surface area contributed by atoms with Crippen LogP contribution in [-0.4, -0.2) is 42.5 Å². The van der Waals surface area contributed by atoms with Crippen molar-refractivity contribution < 1.29 is 9.53 Å². The first-order valence-electron chi connectivity index (χ1n) is 7.38. The Kier molecular flexibility index (Phi) is 9.07. The van der Waals surface area contributed by atoms with Gasteiger partial charge in [-0.05, 0) is 37.2 Å². The summed E-state index contributed by atoms with van der Waals surface area (Å²) in [7, 11) is 1.77. The van der Waals surface area contributed by atoms with E-state index in [4.69, 9.17) is 22.1 Å². The Morgan fingerprint density at radius 3 is 2.75 bits per heavy atom. The van der Waals surface area contributed by atoms with Crippen LogP contribution in [0, 0.1) is 0 Å². The lowest BCUT2D eigenvalue weighted by molar-refractivity contribution is 0.0782. The quantitative estimate of drug-likeness (QED) is 0.703. The highest BCUT2D eigenvalue weighted by Gasteiger charge is 2.15. The molecule has 0 aliphatic rings. The van der Waals surface area contributed by atoms with Crippen LogP contribution in [-0.2, 0) is 6.42 Å². The van der Waals surface area contributed by atoms with E-state index in [0.29, 0.717) is 36.8 Å². The molecule has 2 rings (SSSR count). The molecule has 0 aliphatic heterocycles. The zero-order valence-electron chi connectivity index (χ0n) is 13.4. The van der Waals surface area contributed by atoms with Crippen LogP contribution < -0.4 is 10.5 Å². The largest absolute Gasteiger partial charge is 0.494 e. The lowest BCUT2D eigenvalue weighted by atomic mass is 10.3. The van der Waals surface area contributed by atoms with Gasteiger partial charge in [0, 0.05) is 30.4 Å². The zero-order valence-corrected chi connectivity index (χ0v) is 15.8. The lowest BCUT2D eigenvalue weighted by Gasteiger charge is -2.16. The highest BCUT2D eigenvalue weighted by Crippen LogP contribution is 2.16. The van der Waals surface area contributed by atoms with Crippen molar-refractivity contribution in [2.75, 3.05) is 26.7 Å². The second-order valence-electron chi connectivity index (χ2n) is 5.05. The molecule has 2 aromatic rings. The molecule has 0 saturated carbocycles. The van der Waals surface area contributed by atoms with Crippen molar-refractivity contribution >= 4 is 41.3 Å². The number of rotatable bonds is 8. The third-order valence-corrected chi connectivity index (χ3v) is 4.36. The number of hydrogen-bond donors (Lipinski definition) is 1. The van der Waals surface area contributed by atoms with Gasteiger partial charge in [-0.1, -0.05) is 11.6 Å². The summed E-state index contributed by atoms with van der Waals surface area (Å²) < 4.78 is 5.61. The second kappa shape index (κ2) is 10.5. The maximum absolute atomic E-state index is 12.2. The molecule has 0 atom stereocenters. The number of hydrogen-bond acceptors (Lipinski definition) is 5. The third kappa shape index (κ3) is 6.28. The van der Waals surface area contributed by atoms with Crippen molar-refractivity contribution in [2.24, 2.45) is 5.73 Å². The Labute approximate surface area is 157 Å². The van der Waals surface area contributed by atoms with Crippen LogP contribution >= 0.6 is 35.3 Å². The molecular formula is C16H21Cl2N3O2S. The zero-order chi connectivity index (χ0) is 16.7. The van der Waals surface area contributed by atoms with Crippen molar-refractivity contribution in [3.05, 3.63) is 45.4 Å². The summed E-state index contributed by atoms with van der Waals surface area (Å²) >= 11 is 7.29. The number of carbonyl (C=O) groups excluding carboxylic acids is 1. The van der Waals surface area contributed by atoms with E-state index in [1.165, 1.54) is 11.3 Å². The molecule has 0 saturated heterocycles. The van der Waals surface area contributed by atoms with Crippen LogP contribution in [0.5, 0.6) is 5.75 Å². The molecule has 24 heavy (non-hydrogen) atoms. The molecule has 8 heteroatoms. The van der Waals surface area contributed by atoms with Crippen molar-refractivity contribution in [1.82, 2.24) is 9.88 Å². The molecule has 5 nitrogen and oxygen atoms in total. The SMILES string of the molecule is CN(CCCOc1ccc(Cl)cc1)C(=O)c1csc(CCN)n1.Cl. The number of nitrogens with zero attached hydrogens (tertiary/aromatic N) is 2. The van der Waals surface area contributed by atoms with Gasteiger partial charge in [0.05, 0.1) is 11.6 Å². The minimum atomic E-state index is -0.0731. The first kappa shape index (κ1) is 20.7. The van der Waals surface area contributed by atoms with Gasteiger partial charge in [-0.25, -0.2) is 4.98 Å². The monoisotopic (exact) mass is 389 g/mol. The van der Waals surface area contributed by atoms with E-state index in [9.17, 15) is 4.79 Å². The average Bonchev–Trinajstić information content (AvgIpc) is 3.01. The molecule has 1 amide bonds. The van der Waals surface area contributed by atoms with Gasteiger partial charge >= 0.3 is 0 Å². The van der Waals surface area contributed by atoms with Crippen LogP contribution in [0.25, 0.3) is 0 Å². The molecule has 0 aliphatic carbocycles. The summed E-state index contributed by atoms with van der Waals surface area (Å²) in [6, 6.07) is 7.22. The topological polar surface area (TPSA) is 68.5 Å². The van der Waals surface area contributed by atoms with E-state index in [1.807, 2.05) is 12.1 Å². The minimum Gasteiger partial charge on any atom is -0.494 e. The van der Waals surface area contributed by atoms with Gasteiger partial charge in [-0.2, -0.15) is 0 Å². The lowest BCUT2D eigenvalue weighted by Crippen LogP contribution is -2.29. The van der Waals surface area contributed by atoms with Gasteiger partial charge in [0.1, 0.15) is 11.4 Å². The van der Waals surface area contributed by atoms with Gasteiger partial charge in [0.15, 0.2) is 0 Å².